The number of nitrogens with zero attached hydrogens (tertiary/aromatic N) is 1. The first-order valence-electron chi connectivity index (χ1n) is 6.84. The molecule has 0 aliphatic heterocycles. The minimum Gasteiger partial charge on any atom is -0.389 e. The number of amides is 1. The van der Waals surface area contributed by atoms with E-state index >= 15 is 0 Å². The molecule has 1 amide bonds. The lowest BCUT2D eigenvalue weighted by Crippen LogP contribution is -2.39. The number of sulfonamides is 1. The van der Waals surface area contributed by atoms with Crippen molar-refractivity contribution in [1.29, 1.82) is 0 Å². The van der Waals surface area contributed by atoms with Crippen LogP contribution < -0.4 is 5.32 Å². The second-order valence-corrected chi connectivity index (χ2v) is 7.39. The summed E-state index contributed by atoms with van der Waals surface area (Å²) in [7, 11) is -2.32. The molecule has 0 spiro atoms. The Balaban J connectivity index is 2.06. The van der Waals surface area contributed by atoms with Crippen LogP contribution in [0.15, 0.2) is 29.2 Å². The summed E-state index contributed by atoms with van der Waals surface area (Å²) in [6.07, 6.45) is 1.27. The van der Waals surface area contributed by atoms with Crippen LogP contribution in [0.4, 0.5) is 0 Å². The summed E-state index contributed by atoms with van der Waals surface area (Å²) < 4.78 is 25.7. The molecular weight excluding hydrogens is 292 g/mol. The van der Waals surface area contributed by atoms with E-state index in [0.717, 1.165) is 17.1 Å². The SMILES string of the molecule is CC(O)c1ccc(S(=O)(=O)N(C)CC(=O)NC2CC2)cc1. The van der Waals surface area contributed by atoms with Gasteiger partial charge in [0.1, 0.15) is 0 Å². The summed E-state index contributed by atoms with van der Waals surface area (Å²) in [5.41, 5.74) is 0.642. The third kappa shape index (κ3) is 4.03. The number of hydrogen-bond acceptors (Lipinski definition) is 4. The van der Waals surface area contributed by atoms with Crippen molar-refractivity contribution < 1.29 is 18.3 Å². The fourth-order valence-electron chi connectivity index (χ4n) is 1.89. The standard InChI is InChI=1S/C14H20N2O4S/c1-10(17)11-3-7-13(8-4-11)21(19,20)16(2)9-14(18)15-12-5-6-12/h3-4,7-8,10,12,17H,5-6,9H2,1-2H3,(H,15,18). The predicted molar refractivity (Wildman–Crippen MR) is 78.1 cm³/mol. The summed E-state index contributed by atoms with van der Waals surface area (Å²) in [6.45, 7) is 1.41. The van der Waals surface area contributed by atoms with Crippen LogP contribution >= 0.6 is 0 Å². The lowest BCUT2D eigenvalue weighted by atomic mass is 10.1. The van der Waals surface area contributed by atoms with Gasteiger partial charge in [-0.2, -0.15) is 4.31 Å². The van der Waals surface area contributed by atoms with E-state index in [4.69, 9.17) is 0 Å². The smallest absolute Gasteiger partial charge is 0.243 e. The molecule has 1 unspecified atom stereocenters. The van der Waals surface area contributed by atoms with Gasteiger partial charge < -0.3 is 10.4 Å². The summed E-state index contributed by atoms with van der Waals surface area (Å²) in [6, 6.07) is 6.21. The third-order valence-corrected chi connectivity index (χ3v) is 5.20. The van der Waals surface area contributed by atoms with E-state index in [1.54, 1.807) is 19.1 Å². The van der Waals surface area contributed by atoms with Gasteiger partial charge in [-0.15, -0.1) is 0 Å². The van der Waals surface area contributed by atoms with Crippen molar-refractivity contribution in [1.82, 2.24) is 9.62 Å². The van der Waals surface area contributed by atoms with Gasteiger partial charge in [-0.05, 0) is 37.5 Å². The van der Waals surface area contributed by atoms with Gasteiger partial charge in [0.2, 0.25) is 15.9 Å². The van der Waals surface area contributed by atoms with Crippen molar-refractivity contribution in [3.63, 3.8) is 0 Å². The highest BCUT2D eigenvalue weighted by molar-refractivity contribution is 7.89. The van der Waals surface area contributed by atoms with E-state index in [0.29, 0.717) is 5.56 Å². The number of aliphatic hydroxyl groups is 1. The third-order valence-electron chi connectivity index (χ3n) is 3.38. The fourth-order valence-corrected chi connectivity index (χ4v) is 3.01. The van der Waals surface area contributed by atoms with Gasteiger partial charge in [0, 0.05) is 13.1 Å². The number of rotatable bonds is 6. The molecule has 116 valence electrons. The average molecular weight is 312 g/mol. The highest BCUT2D eigenvalue weighted by atomic mass is 32.2. The zero-order valence-electron chi connectivity index (χ0n) is 12.1. The molecule has 7 heteroatoms. The van der Waals surface area contributed by atoms with E-state index in [1.807, 2.05) is 0 Å². The molecule has 1 atom stereocenters. The van der Waals surface area contributed by atoms with Gasteiger partial charge >= 0.3 is 0 Å². The Morgan fingerprint density at radius 2 is 1.95 bits per heavy atom. The monoisotopic (exact) mass is 312 g/mol. The second kappa shape index (κ2) is 6.13. The van der Waals surface area contributed by atoms with Crippen molar-refractivity contribution in [3.05, 3.63) is 29.8 Å². The van der Waals surface area contributed by atoms with Crippen LogP contribution in [0.2, 0.25) is 0 Å². The molecule has 2 rings (SSSR count). The number of likely N-dealkylation sites (N-methyl/N-ethyl adjacent to an activating group) is 1. The molecule has 1 fully saturated rings. The number of carbonyl (C=O) groups is 1. The topological polar surface area (TPSA) is 86.7 Å². The lowest BCUT2D eigenvalue weighted by Gasteiger charge is -2.17. The highest BCUT2D eigenvalue weighted by Gasteiger charge is 2.27. The lowest BCUT2D eigenvalue weighted by molar-refractivity contribution is -0.121. The molecule has 0 bridgehead atoms. The van der Waals surface area contributed by atoms with Crippen molar-refractivity contribution in [2.75, 3.05) is 13.6 Å². The fraction of sp³-hybridized carbons (Fsp3) is 0.500. The Morgan fingerprint density at radius 1 is 1.38 bits per heavy atom. The maximum Gasteiger partial charge on any atom is 0.243 e. The minimum absolute atomic E-state index is 0.105. The molecule has 1 saturated carbocycles. The molecule has 1 aromatic rings. The maximum absolute atomic E-state index is 12.3. The van der Waals surface area contributed by atoms with Gasteiger partial charge in [-0.25, -0.2) is 8.42 Å². The Labute approximate surface area is 124 Å². The van der Waals surface area contributed by atoms with Gasteiger partial charge in [0.25, 0.3) is 0 Å². The molecule has 21 heavy (non-hydrogen) atoms. The molecule has 0 aromatic heterocycles. The quantitative estimate of drug-likeness (QED) is 0.807. The van der Waals surface area contributed by atoms with Crippen LogP contribution in [-0.4, -0.2) is 43.4 Å². The van der Waals surface area contributed by atoms with E-state index in [9.17, 15) is 18.3 Å². The molecule has 0 heterocycles. The molecule has 1 aliphatic rings. The van der Waals surface area contributed by atoms with Crippen molar-refractivity contribution in [2.24, 2.45) is 0 Å². The second-order valence-electron chi connectivity index (χ2n) is 5.35. The molecule has 0 radical (unpaired) electrons. The Hall–Kier alpha value is -1.44. The summed E-state index contributed by atoms with van der Waals surface area (Å²) >= 11 is 0. The summed E-state index contributed by atoms with van der Waals surface area (Å²) in [4.78, 5) is 11.8. The van der Waals surface area contributed by atoms with Crippen LogP contribution in [-0.2, 0) is 14.8 Å². The van der Waals surface area contributed by atoms with Crippen molar-refractivity contribution in [3.8, 4) is 0 Å². The first-order chi connectivity index (χ1) is 9.80. The highest BCUT2D eigenvalue weighted by Crippen LogP contribution is 2.20. The molecular formula is C14H20N2O4S. The largest absolute Gasteiger partial charge is 0.389 e. The Bertz CT molecular complexity index is 606. The average Bonchev–Trinajstić information content (AvgIpc) is 3.22. The Kier molecular flexibility index (Phi) is 4.65. The molecule has 1 aliphatic carbocycles. The number of aliphatic hydroxyl groups excluding tert-OH is 1. The van der Waals surface area contributed by atoms with Crippen LogP contribution in [0.3, 0.4) is 0 Å². The van der Waals surface area contributed by atoms with Gasteiger partial charge in [0.05, 0.1) is 17.5 Å². The van der Waals surface area contributed by atoms with E-state index in [2.05, 4.69) is 5.32 Å². The number of benzene rings is 1. The number of hydrogen-bond donors (Lipinski definition) is 2. The maximum atomic E-state index is 12.3. The molecule has 2 N–H and O–H groups in total. The van der Waals surface area contributed by atoms with E-state index in [-0.39, 0.29) is 23.4 Å². The summed E-state index contributed by atoms with van der Waals surface area (Å²) in [5.74, 6) is -0.288. The summed E-state index contributed by atoms with van der Waals surface area (Å²) in [5, 5.41) is 12.2. The van der Waals surface area contributed by atoms with Crippen LogP contribution in [0.25, 0.3) is 0 Å². The first-order valence-corrected chi connectivity index (χ1v) is 8.28. The van der Waals surface area contributed by atoms with Crippen molar-refractivity contribution >= 4 is 15.9 Å². The Morgan fingerprint density at radius 3 is 2.43 bits per heavy atom. The van der Waals surface area contributed by atoms with Crippen LogP contribution in [0.5, 0.6) is 0 Å². The van der Waals surface area contributed by atoms with Crippen LogP contribution in [0.1, 0.15) is 31.4 Å². The number of nitrogens with one attached hydrogen (secondary N) is 1. The number of carbonyl (C=O) groups excluding carboxylic acids is 1. The van der Waals surface area contributed by atoms with Crippen molar-refractivity contribution in [2.45, 2.75) is 36.8 Å². The normalized spacial score (nSPS) is 16.8. The molecule has 1 aromatic carbocycles. The zero-order chi connectivity index (χ0) is 15.6. The van der Waals surface area contributed by atoms with Gasteiger partial charge in [0.15, 0.2) is 0 Å². The van der Waals surface area contributed by atoms with Crippen LogP contribution in [0, 0.1) is 0 Å². The van der Waals surface area contributed by atoms with E-state index in [1.165, 1.54) is 19.2 Å². The molecule has 0 saturated heterocycles. The van der Waals surface area contributed by atoms with Gasteiger partial charge in [-0.1, -0.05) is 12.1 Å². The minimum atomic E-state index is -3.70. The zero-order valence-corrected chi connectivity index (χ0v) is 12.9. The molecule has 6 nitrogen and oxygen atoms in total. The predicted octanol–water partition coefficient (Wildman–Crippen LogP) is 0.639. The van der Waals surface area contributed by atoms with Gasteiger partial charge in [-0.3, -0.25) is 4.79 Å². The van der Waals surface area contributed by atoms with E-state index < -0.39 is 16.1 Å². The first kappa shape index (κ1) is 15.9.